The molecule has 0 aliphatic heterocycles. The van der Waals surface area contributed by atoms with Gasteiger partial charge in [-0.3, -0.25) is 4.79 Å². The molecule has 33 heavy (non-hydrogen) atoms. The van der Waals surface area contributed by atoms with Gasteiger partial charge in [0.15, 0.2) is 9.84 Å². The van der Waals surface area contributed by atoms with Gasteiger partial charge in [0.1, 0.15) is 5.75 Å². The van der Waals surface area contributed by atoms with Crippen LogP contribution in [0.25, 0.3) is 0 Å². The van der Waals surface area contributed by atoms with Crippen LogP contribution in [0.1, 0.15) is 42.5 Å². The fourth-order valence-electron chi connectivity index (χ4n) is 3.74. The number of amides is 1. The number of sulfonamides is 1. The molecule has 1 aliphatic rings. The Morgan fingerprint density at radius 3 is 2.39 bits per heavy atom. The maximum atomic E-state index is 12.8. The van der Waals surface area contributed by atoms with Gasteiger partial charge in [-0.05, 0) is 55.7 Å². The summed E-state index contributed by atoms with van der Waals surface area (Å²) >= 11 is 0. The first kappa shape index (κ1) is 25.2. The molecule has 1 fully saturated rings. The molecule has 0 atom stereocenters. The van der Waals surface area contributed by atoms with Gasteiger partial charge in [0.2, 0.25) is 10.0 Å². The largest absolute Gasteiger partial charge is 0.493 e. The summed E-state index contributed by atoms with van der Waals surface area (Å²) in [4.78, 5) is 14.6. The van der Waals surface area contributed by atoms with E-state index in [0.717, 1.165) is 31.9 Å². The van der Waals surface area contributed by atoms with E-state index in [-0.39, 0.29) is 21.7 Å². The van der Waals surface area contributed by atoms with Gasteiger partial charge in [-0.15, -0.1) is 0 Å². The SMILES string of the molecule is CN(CCCOc1cccc(S(C)(=O)=O)c1)C(=O)c1cccc(S(=O)(=O)NC2CCCC2)c1. The number of ether oxygens (including phenoxy) is 1. The summed E-state index contributed by atoms with van der Waals surface area (Å²) in [5, 5.41) is 0. The number of rotatable bonds is 10. The number of benzene rings is 2. The van der Waals surface area contributed by atoms with Crippen LogP contribution < -0.4 is 9.46 Å². The summed E-state index contributed by atoms with van der Waals surface area (Å²) in [7, 11) is -5.34. The van der Waals surface area contributed by atoms with Gasteiger partial charge in [-0.1, -0.05) is 25.0 Å². The molecule has 0 bridgehead atoms. The van der Waals surface area contributed by atoms with Gasteiger partial charge < -0.3 is 9.64 Å². The van der Waals surface area contributed by atoms with E-state index in [9.17, 15) is 21.6 Å². The predicted molar refractivity (Wildman–Crippen MR) is 126 cm³/mol. The normalized spacial score (nSPS) is 14.8. The second-order valence-electron chi connectivity index (χ2n) is 8.31. The smallest absolute Gasteiger partial charge is 0.253 e. The van der Waals surface area contributed by atoms with Gasteiger partial charge in [0.05, 0.1) is 16.4 Å². The average Bonchev–Trinajstić information content (AvgIpc) is 3.28. The number of carbonyl (C=O) groups is 1. The zero-order chi connectivity index (χ0) is 24.1. The summed E-state index contributed by atoms with van der Waals surface area (Å²) in [5.41, 5.74) is 0.300. The van der Waals surface area contributed by atoms with Crippen molar-refractivity contribution in [2.45, 2.75) is 47.9 Å². The van der Waals surface area contributed by atoms with Gasteiger partial charge in [-0.2, -0.15) is 0 Å². The van der Waals surface area contributed by atoms with Gasteiger partial charge in [-0.25, -0.2) is 21.6 Å². The lowest BCUT2D eigenvalue weighted by Gasteiger charge is -2.18. The molecule has 2 aromatic rings. The summed E-state index contributed by atoms with van der Waals surface area (Å²) in [6.07, 6.45) is 5.36. The predicted octanol–water partition coefficient (Wildman–Crippen LogP) is 2.85. The van der Waals surface area contributed by atoms with Crippen molar-refractivity contribution in [1.29, 1.82) is 0 Å². The van der Waals surface area contributed by atoms with Crippen molar-refractivity contribution < 1.29 is 26.4 Å². The maximum Gasteiger partial charge on any atom is 0.253 e. The lowest BCUT2D eigenvalue weighted by molar-refractivity contribution is 0.0787. The number of hydrogen-bond donors (Lipinski definition) is 1. The zero-order valence-electron chi connectivity index (χ0n) is 18.9. The average molecular weight is 495 g/mol. The van der Waals surface area contributed by atoms with E-state index < -0.39 is 19.9 Å². The molecule has 0 spiro atoms. The molecule has 2 aromatic carbocycles. The van der Waals surface area contributed by atoms with Crippen LogP contribution in [0.5, 0.6) is 5.75 Å². The minimum Gasteiger partial charge on any atom is -0.493 e. The molecular formula is C23H30N2O6S2. The van der Waals surface area contributed by atoms with Crippen LogP contribution in [-0.4, -0.2) is 60.1 Å². The Labute approximate surface area is 195 Å². The molecular weight excluding hydrogens is 464 g/mol. The van der Waals surface area contributed by atoms with Crippen molar-refractivity contribution in [2.75, 3.05) is 26.5 Å². The minimum atomic E-state index is -3.67. The standard InChI is InChI=1S/C23H30N2O6S2/c1-25(14-7-15-31-20-11-6-12-21(17-20)32(2,27)28)23(26)18-8-5-13-22(16-18)33(29,30)24-19-9-3-4-10-19/h5-6,8,11-13,16-17,19,24H,3-4,7,9-10,14-15H2,1-2H3. The van der Waals surface area contributed by atoms with E-state index >= 15 is 0 Å². The van der Waals surface area contributed by atoms with E-state index in [4.69, 9.17) is 4.74 Å². The monoisotopic (exact) mass is 494 g/mol. The van der Waals surface area contributed by atoms with E-state index in [1.807, 2.05) is 0 Å². The number of nitrogens with one attached hydrogen (secondary N) is 1. The van der Waals surface area contributed by atoms with Crippen LogP contribution in [0.3, 0.4) is 0 Å². The highest BCUT2D eigenvalue weighted by molar-refractivity contribution is 7.90. The highest BCUT2D eigenvalue weighted by Crippen LogP contribution is 2.21. The van der Waals surface area contributed by atoms with Crippen molar-refractivity contribution in [2.24, 2.45) is 0 Å². The molecule has 0 aromatic heterocycles. The second kappa shape index (κ2) is 10.7. The second-order valence-corrected chi connectivity index (χ2v) is 12.0. The molecule has 1 saturated carbocycles. The molecule has 1 aliphatic carbocycles. The molecule has 0 heterocycles. The molecule has 3 rings (SSSR count). The Morgan fingerprint density at radius 2 is 1.70 bits per heavy atom. The van der Waals surface area contributed by atoms with Crippen molar-refractivity contribution in [3.63, 3.8) is 0 Å². The third-order valence-corrected chi connectivity index (χ3v) is 8.18. The first-order chi connectivity index (χ1) is 15.6. The van der Waals surface area contributed by atoms with Crippen molar-refractivity contribution in [3.8, 4) is 5.75 Å². The fraction of sp³-hybridized carbons (Fsp3) is 0.435. The Morgan fingerprint density at radius 1 is 1.03 bits per heavy atom. The summed E-state index contributed by atoms with van der Waals surface area (Å²) < 4.78 is 57.0. The molecule has 0 radical (unpaired) electrons. The molecule has 0 unspecified atom stereocenters. The Bertz CT molecular complexity index is 1190. The first-order valence-corrected chi connectivity index (χ1v) is 14.2. The van der Waals surface area contributed by atoms with Crippen molar-refractivity contribution >= 4 is 25.8 Å². The number of carbonyl (C=O) groups excluding carboxylic acids is 1. The van der Waals surface area contributed by atoms with Crippen LogP contribution in [0.4, 0.5) is 0 Å². The number of nitrogens with zero attached hydrogens (tertiary/aromatic N) is 1. The van der Waals surface area contributed by atoms with Gasteiger partial charge in [0, 0.05) is 31.5 Å². The summed E-state index contributed by atoms with van der Waals surface area (Å²) in [6.45, 7) is 0.687. The molecule has 180 valence electrons. The molecule has 1 amide bonds. The lowest BCUT2D eigenvalue weighted by Crippen LogP contribution is -2.33. The van der Waals surface area contributed by atoms with Crippen molar-refractivity contribution in [3.05, 3.63) is 54.1 Å². The van der Waals surface area contributed by atoms with Crippen LogP contribution in [0.15, 0.2) is 58.3 Å². The Hall–Kier alpha value is -2.43. The van der Waals surface area contributed by atoms with E-state index in [1.165, 1.54) is 29.2 Å². The van der Waals surface area contributed by atoms with Crippen molar-refractivity contribution in [1.82, 2.24) is 9.62 Å². The van der Waals surface area contributed by atoms with E-state index in [1.54, 1.807) is 31.3 Å². The molecule has 0 saturated heterocycles. The highest BCUT2D eigenvalue weighted by atomic mass is 32.2. The van der Waals surface area contributed by atoms with Crippen LogP contribution in [-0.2, 0) is 19.9 Å². The van der Waals surface area contributed by atoms with Gasteiger partial charge >= 0.3 is 0 Å². The molecule has 1 N–H and O–H groups in total. The number of hydrogen-bond acceptors (Lipinski definition) is 6. The quantitative estimate of drug-likeness (QED) is 0.509. The summed E-state index contributed by atoms with van der Waals surface area (Å²) in [6, 6.07) is 12.3. The fourth-order valence-corrected chi connectivity index (χ4v) is 5.74. The lowest BCUT2D eigenvalue weighted by atomic mass is 10.2. The third kappa shape index (κ3) is 7.02. The maximum absolute atomic E-state index is 12.8. The molecule has 8 nitrogen and oxygen atoms in total. The van der Waals surface area contributed by atoms with E-state index in [2.05, 4.69) is 4.72 Å². The zero-order valence-corrected chi connectivity index (χ0v) is 20.5. The van der Waals surface area contributed by atoms with Crippen LogP contribution >= 0.6 is 0 Å². The Balaban J connectivity index is 1.54. The topological polar surface area (TPSA) is 110 Å². The van der Waals surface area contributed by atoms with Gasteiger partial charge in [0.25, 0.3) is 5.91 Å². The van der Waals surface area contributed by atoms with E-state index in [0.29, 0.717) is 30.9 Å². The third-order valence-electron chi connectivity index (χ3n) is 5.56. The summed E-state index contributed by atoms with van der Waals surface area (Å²) in [5.74, 6) is 0.159. The molecule has 10 heteroatoms. The highest BCUT2D eigenvalue weighted by Gasteiger charge is 2.24. The van der Waals surface area contributed by atoms with Crippen LogP contribution in [0, 0.1) is 0 Å². The number of sulfone groups is 1. The first-order valence-electron chi connectivity index (χ1n) is 10.9. The van der Waals surface area contributed by atoms with Crippen LogP contribution in [0.2, 0.25) is 0 Å². The Kier molecular flexibility index (Phi) is 8.14. The minimum absolute atomic E-state index is 0.0461.